The standard InChI is InChI=1S/C18H18N6OS2/c1-10(2)13-9-27-16(21-13)6-20-17(25)14-5-12(8-26-14)11-3-4-15-22-18(19)23-24(15)7-11/h3-5,7-10H,6H2,1-2H3,(H2,19,23)(H,20,25). The lowest BCUT2D eigenvalue weighted by atomic mass is 10.1. The Labute approximate surface area is 163 Å². The number of hydrogen-bond donors (Lipinski definition) is 2. The van der Waals surface area contributed by atoms with Gasteiger partial charge in [0.2, 0.25) is 5.95 Å². The van der Waals surface area contributed by atoms with E-state index in [1.54, 1.807) is 15.9 Å². The minimum absolute atomic E-state index is 0.0985. The molecule has 0 radical (unpaired) electrons. The molecule has 0 saturated carbocycles. The zero-order chi connectivity index (χ0) is 19.0. The topological polar surface area (TPSA) is 98.2 Å². The van der Waals surface area contributed by atoms with Crippen molar-refractivity contribution in [3.05, 3.63) is 50.7 Å². The summed E-state index contributed by atoms with van der Waals surface area (Å²) >= 11 is 2.98. The van der Waals surface area contributed by atoms with Crippen LogP contribution in [-0.2, 0) is 6.54 Å². The van der Waals surface area contributed by atoms with Crippen molar-refractivity contribution in [1.29, 1.82) is 0 Å². The van der Waals surface area contributed by atoms with E-state index >= 15 is 0 Å². The second-order valence-corrected chi connectivity index (χ2v) is 8.25. The van der Waals surface area contributed by atoms with Crippen molar-refractivity contribution in [2.45, 2.75) is 26.3 Å². The Morgan fingerprint density at radius 2 is 2.07 bits per heavy atom. The number of aromatic nitrogens is 4. The summed E-state index contributed by atoms with van der Waals surface area (Å²) in [4.78, 5) is 21.8. The maximum absolute atomic E-state index is 12.5. The van der Waals surface area contributed by atoms with E-state index in [0.29, 0.717) is 23.0 Å². The molecule has 4 rings (SSSR count). The average Bonchev–Trinajstić information content (AvgIpc) is 3.37. The molecule has 3 N–H and O–H groups in total. The first kappa shape index (κ1) is 17.6. The van der Waals surface area contributed by atoms with Gasteiger partial charge >= 0.3 is 0 Å². The number of carbonyl (C=O) groups excluding carboxylic acids is 1. The molecule has 0 fully saturated rings. The van der Waals surface area contributed by atoms with Gasteiger partial charge in [-0.05, 0) is 35.1 Å². The number of amides is 1. The number of carbonyl (C=O) groups is 1. The average molecular weight is 399 g/mol. The number of anilines is 1. The summed E-state index contributed by atoms with van der Waals surface area (Å²) in [5.74, 6) is 0.530. The summed E-state index contributed by atoms with van der Waals surface area (Å²) in [6, 6.07) is 5.67. The van der Waals surface area contributed by atoms with Gasteiger partial charge in [-0.1, -0.05) is 13.8 Å². The van der Waals surface area contributed by atoms with Gasteiger partial charge in [-0.15, -0.1) is 27.8 Å². The van der Waals surface area contributed by atoms with Crippen molar-refractivity contribution in [2.75, 3.05) is 5.73 Å². The van der Waals surface area contributed by atoms with Crippen LogP contribution in [0.1, 0.15) is 40.1 Å². The summed E-state index contributed by atoms with van der Waals surface area (Å²) in [5.41, 5.74) is 9.28. The van der Waals surface area contributed by atoms with Crippen molar-refractivity contribution < 1.29 is 4.79 Å². The van der Waals surface area contributed by atoms with Crippen LogP contribution in [0.15, 0.2) is 35.2 Å². The van der Waals surface area contributed by atoms with Crippen LogP contribution in [0.25, 0.3) is 16.8 Å². The number of hydrogen-bond acceptors (Lipinski definition) is 7. The molecule has 4 heterocycles. The molecule has 4 aromatic heterocycles. The van der Waals surface area contributed by atoms with Crippen LogP contribution in [0, 0.1) is 0 Å². The number of fused-ring (bicyclic) bond motifs is 1. The molecule has 0 aliphatic carbocycles. The van der Waals surface area contributed by atoms with Gasteiger partial charge in [0.15, 0.2) is 5.65 Å². The molecule has 0 spiro atoms. The van der Waals surface area contributed by atoms with Crippen LogP contribution < -0.4 is 11.1 Å². The van der Waals surface area contributed by atoms with Gasteiger partial charge in [0.05, 0.1) is 17.1 Å². The zero-order valence-electron chi connectivity index (χ0n) is 14.8. The molecule has 138 valence electrons. The van der Waals surface area contributed by atoms with E-state index in [-0.39, 0.29) is 11.9 Å². The molecule has 0 bridgehead atoms. The third-order valence-corrected chi connectivity index (χ3v) is 5.86. The molecular formula is C18H18N6OS2. The highest BCUT2D eigenvalue weighted by Crippen LogP contribution is 2.26. The van der Waals surface area contributed by atoms with Crippen molar-refractivity contribution in [3.8, 4) is 11.1 Å². The predicted molar refractivity (Wildman–Crippen MR) is 108 cm³/mol. The molecule has 0 atom stereocenters. The zero-order valence-corrected chi connectivity index (χ0v) is 16.5. The molecule has 0 aliphatic rings. The molecule has 0 aliphatic heterocycles. The van der Waals surface area contributed by atoms with Crippen molar-refractivity contribution >= 4 is 40.2 Å². The Balaban J connectivity index is 1.46. The minimum atomic E-state index is -0.0985. The molecule has 0 aromatic carbocycles. The smallest absolute Gasteiger partial charge is 0.261 e. The highest BCUT2D eigenvalue weighted by atomic mass is 32.1. The third-order valence-electron chi connectivity index (χ3n) is 4.07. The van der Waals surface area contributed by atoms with E-state index in [1.807, 2.05) is 35.2 Å². The summed E-state index contributed by atoms with van der Waals surface area (Å²) in [7, 11) is 0. The second kappa shape index (κ2) is 7.09. The summed E-state index contributed by atoms with van der Waals surface area (Å²) in [6.07, 6.45) is 1.85. The Morgan fingerprint density at radius 3 is 2.85 bits per heavy atom. The second-order valence-electron chi connectivity index (χ2n) is 6.39. The Bertz CT molecular complexity index is 1110. The molecule has 1 amide bonds. The quantitative estimate of drug-likeness (QED) is 0.536. The van der Waals surface area contributed by atoms with Crippen molar-refractivity contribution in [2.24, 2.45) is 0 Å². The van der Waals surface area contributed by atoms with E-state index in [2.05, 4.69) is 34.2 Å². The first-order chi connectivity index (χ1) is 13.0. The van der Waals surface area contributed by atoms with Crippen LogP contribution in [-0.4, -0.2) is 25.5 Å². The Morgan fingerprint density at radius 1 is 1.22 bits per heavy atom. The van der Waals surface area contributed by atoms with Crippen LogP contribution in [0.2, 0.25) is 0 Å². The number of thiophene rings is 1. The van der Waals surface area contributed by atoms with Crippen LogP contribution >= 0.6 is 22.7 Å². The highest BCUT2D eigenvalue weighted by Gasteiger charge is 2.12. The Kier molecular flexibility index (Phi) is 4.63. The molecule has 4 aromatic rings. The Hall–Kier alpha value is -2.78. The lowest BCUT2D eigenvalue weighted by Gasteiger charge is -2.01. The van der Waals surface area contributed by atoms with Gasteiger partial charge in [-0.25, -0.2) is 9.50 Å². The maximum atomic E-state index is 12.5. The number of nitrogen functional groups attached to an aromatic ring is 1. The molecular weight excluding hydrogens is 380 g/mol. The minimum Gasteiger partial charge on any atom is -0.366 e. The fourth-order valence-corrected chi connectivity index (χ4v) is 4.32. The largest absolute Gasteiger partial charge is 0.366 e. The maximum Gasteiger partial charge on any atom is 0.261 e. The summed E-state index contributed by atoms with van der Waals surface area (Å²) < 4.78 is 1.64. The summed E-state index contributed by atoms with van der Waals surface area (Å²) in [5, 5.41) is 12.0. The van der Waals surface area contributed by atoms with Gasteiger partial charge in [-0.3, -0.25) is 4.79 Å². The van der Waals surface area contributed by atoms with E-state index in [4.69, 9.17) is 5.73 Å². The van der Waals surface area contributed by atoms with Crippen molar-refractivity contribution in [3.63, 3.8) is 0 Å². The molecule has 0 unspecified atom stereocenters. The van der Waals surface area contributed by atoms with Gasteiger partial charge in [0.1, 0.15) is 5.01 Å². The van der Waals surface area contributed by atoms with Gasteiger partial charge in [-0.2, -0.15) is 4.98 Å². The first-order valence-corrected chi connectivity index (χ1v) is 10.2. The molecule has 0 saturated heterocycles. The fraction of sp³-hybridized carbons (Fsp3) is 0.222. The number of nitrogens with two attached hydrogens (primary N) is 1. The number of thiazole rings is 1. The van der Waals surface area contributed by atoms with Crippen LogP contribution in [0.5, 0.6) is 0 Å². The van der Waals surface area contributed by atoms with Gasteiger partial charge in [0.25, 0.3) is 5.91 Å². The van der Waals surface area contributed by atoms with E-state index in [0.717, 1.165) is 21.8 Å². The van der Waals surface area contributed by atoms with E-state index in [1.165, 1.54) is 11.3 Å². The molecule has 7 nitrogen and oxygen atoms in total. The van der Waals surface area contributed by atoms with Gasteiger partial charge in [0, 0.05) is 17.1 Å². The number of pyridine rings is 1. The lowest BCUT2D eigenvalue weighted by molar-refractivity contribution is 0.0955. The first-order valence-electron chi connectivity index (χ1n) is 8.43. The number of nitrogens with zero attached hydrogens (tertiary/aromatic N) is 4. The number of rotatable bonds is 5. The monoisotopic (exact) mass is 398 g/mol. The number of nitrogens with one attached hydrogen (secondary N) is 1. The van der Waals surface area contributed by atoms with Crippen LogP contribution in [0.3, 0.4) is 0 Å². The highest BCUT2D eigenvalue weighted by molar-refractivity contribution is 7.12. The van der Waals surface area contributed by atoms with Crippen molar-refractivity contribution in [1.82, 2.24) is 24.9 Å². The lowest BCUT2D eigenvalue weighted by Crippen LogP contribution is -2.21. The third kappa shape index (κ3) is 3.69. The normalized spacial score (nSPS) is 11.4. The van der Waals surface area contributed by atoms with Crippen LogP contribution in [0.4, 0.5) is 5.95 Å². The summed E-state index contributed by atoms with van der Waals surface area (Å²) in [6.45, 7) is 4.65. The van der Waals surface area contributed by atoms with Gasteiger partial charge < -0.3 is 11.1 Å². The molecule has 27 heavy (non-hydrogen) atoms. The SMILES string of the molecule is CC(C)c1csc(CNC(=O)c2cc(-c3ccc4nc(N)nn4c3)cs2)n1. The van der Waals surface area contributed by atoms with E-state index in [9.17, 15) is 4.79 Å². The predicted octanol–water partition coefficient (Wildman–Crippen LogP) is 3.55. The van der Waals surface area contributed by atoms with E-state index < -0.39 is 0 Å². The molecule has 9 heteroatoms. The fourth-order valence-electron chi connectivity index (χ4n) is 2.59.